The normalized spacial score (nSPS) is 16.5. The maximum absolute atomic E-state index is 12.7. The fourth-order valence-electron chi connectivity index (χ4n) is 4.09. The van der Waals surface area contributed by atoms with Crippen molar-refractivity contribution < 1.29 is 9.59 Å². The van der Waals surface area contributed by atoms with E-state index in [9.17, 15) is 9.59 Å². The number of hydrogen-bond donors (Lipinski definition) is 3. The van der Waals surface area contributed by atoms with E-state index in [0.29, 0.717) is 12.3 Å². The number of primary amides is 1. The van der Waals surface area contributed by atoms with Crippen LogP contribution < -0.4 is 11.1 Å². The topological polar surface area (TPSA) is 88.0 Å². The van der Waals surface area contributed by atoms with Crippen LogP contribution >= 0.6 is 15.9 Å². The van der Waals surface area contributed by atoms with Gasteiger partial charge in [-0.05, 0) is 49.4 Å². The number of benzene rings is 1. The molecule has 1 saturated carbocycles. The van der Waals surface area contributed by atoms with Crippen molar-refractivity contribution in [3.63, 3.8) is 0 Å². The molecule has 2 aromatic rings. The summed E-state index contributed by atoms with van der Waals surface area (Å²) in [6.07, 6.45) is 6.17. The van der Waals surface area contributed by atoms with E-state index < -0.39 is 0 Å². The van der Waals surface area contributed by atoms with Crippen LogP contribution in [-0.4, -0.2) is 22.8 Å². The number of carbonyl (C=O) groups is 2. The maximum atomic E-state index is 12.7. The number of nitrogens with one attached hydrogen (secondary N) is 2. The molecule has 1 fully saturated rings. The zero-order chi connectivity index (χ0) is 18.7. The fraction of sp³-hybridized carbons (Fsp3) is 0.500. The molecule has 1 aliphatic rings. The summed E-state index contributed by atoms with van der Waals surface area (Å²) in [7, 11) is 0. The first-order valence-electron chi connectivity index (χ1n) is 9.28. The number of fused-ring (bicyclic) bond motifs is 1. The Kier molecular flexibility index (Phi) is 6.01. The van der Waals surface area contributed by atoms with Gasteiger partial charge in [-0.2, -0.15) is 0 Å². The molecule has 26 heavy (non-hydrogen) atoms. The lowest BCUT2D eigenvalue weighted by atomic mass is 9.82. The number of nitrogens with two attached hydrogens (primary N) is 1. The Bertz CT molecular complexity index is 809. The van der Waals surface area contributed by atoms with Crippen molar-refractivity contribution in [2.24, 2.45) is 11.7 Å². The van der Waals surface area contributed by atoms with Crippen LogP contribution in [0.4, 0.5) is 0 Å². The van der Waals surface area contributed by atoms with E-state index in [-0.39, 0.29) is 24.3 Å². The highest BCUT2D eigenvalue weighted by atomic mass is 79.9. The average molecular weight is 420 g/mol. The number of rotatable bonds is 6. The van der Waals surface area contributed by atoms with Crippen LogP contribution in [0.1, 0.15) is 49.8 Å². The van der Waals surface area contributed by atoms with E-state index in [1.807, 2.05) is 25.1 Å². The van der Waals surface area contributed by atoms with Crippen LogP contribution in [0, 0.1) is 12.8 Å². The average Bonchev–Trinajstić information content (AvgIpc) is 2.90. The summed E-state index contributed by atoms with van der Waals surface area (Å²) >= 11 is 3.50. The third-order valence-corrected chi connectivity index (χ3v) is 5.90. The van der Waals surface area contributed by atoms with Crippen LogP contribution in [-0.2, 0) is 16.0 Å². The van der Waals surface area contributed by atoms with E-state index >= 15 is 0 Å². The van der Waals surface area contributed by atoms with E-state index in [4.69, 9.17) is 5.73 Å². The quantitative estimate of drug-likeness (QED) is 0.665. The molecule has 4 N–H and O–H groups in total. The van der Waals surface area contributed by atoms with Crippen LogP contribution in [0.15, 0.2) is 22.7 Å². The predicted molar refractivity (Wildman–Crippen MR) is 107 cm³/mol. The zero-order valence-corrected chi connectivity index (χ0v) is 16.7. The highest BCUT2D eigenvalue weighted by Crippen LogP contribution is 2.29. The van der Waals surface area contributed by atoms with Crippen LogP contribution in [0.3, 0.4) is 0 Å². The second-order valence-electron chi connectivity index (χ2n) is 7.34. The van der Waals surface area contributed by atoms with Crippen molar-refractivity contribution in [1.82, 2.24) is 10.3 Å². The molecule has 1 aromatic heterocycles. The lowest BCUT2D eigenvalue weighted by Gasteiger charge is -2.30. The highest BCUT2D eigenvalue weighted by Gasteiger charge is 2.27. The largest absolute Gasteiger partial charge is 0.370 e. The molecule has 2 amide bonds. The first-order chi connectivity index (χ1) is 12.4. The number of carbonyl (C=O) groups excluding carboxylic acids is 2. The van der Waals surface area contributed by atoms with Crippen molar-refractivity contribution in [1.29, 1.82) is 0 Å². The molecule has 0 aliphatic heterocycles. The summed E-state index contributed by atoms with van der Waals surface area (Å²) in [5.74, 6) is -0.0581. The van der Waals surface area contributed by atoms with Gasteiger partial charge in [-0.15, -0.1) is 0 Å². The van der Waals surface area contributed by atoms with Gasteiger partial charge in [0.25, 0.3) is 0 Å². The Morgan fingerprint density at radius 1 is 1.31 bits per heavy atom. The van der Waals surface area contributed by atoms with Gasteiger partial charge < -0.3 is 16.0 Å². The molecule has 5 nitrogen and oxygen atoms in total. The Morgan fingerprint density at radius 3 is 2.73 bits per heavy atom. The Hall–Kier alpha value is -1.82. The van der Waals surface area contributed by atoms with Gasteiger partial charge in [0.1, 0.15) is 0 Å². The molecule has 1 heterocycles. The van der Waals surface area contributed by atoms with Gasteiger partial charge in [-0.25, -0.2) is 0 Å². The summed E-state index contributed by atoms with van der Waals surface area (Å²) in [4.78, 5) is 27.5. The van der Waals surface area contributed by atoms with E-state index in [0.717, 1.165) is 52.3 Å². The van der Waals surface area contributed by atoms with Gasteiger partial charge in [-0.1, -0.05) is 35.2 Å². The molecule has 1 aliphatic carbocycles. The van der Waals surface area contributed by atoms with Gasteiger partial charge >= 0.3 is 0 Å². The summed E-state index contributed by atoms with van der Waals surface area (Å²) in [5, 5.41) is 4.15. The molecule has 0 spiro atoms. The summed E-state index contributed by atoms with van der Waals surface area (Å²) in [5.41, 5.74) is 8.45. The number of aryl methyl sites for hydroxylation is 1. The Balaban J connectivity index is 1.74. The molecule has 0 unspecified atom stereocenters. The van der Waals surface area contributed by atoms with Crippen molar-refractivity contribution in [3.8, 4) is 0 Å². The number of aromatic nitrogens is 1. The number of H-pyrrole nitrogens is 1. The number of halogens is 1. The van der Waals surface area contributed by atoms with Gasteiger partial charge in [0.2, 0.25) is 11.8 Å². The maximum Gasteiger partial charge on any atom is 0.224 e. The smallest absolute Gasteiger partial charge is 0.224 e. The monoisotopic (exact) mass is 419 g/mol. The molecule has 1 aromatic carbocycles. The number of amides is 2. The highest BCUT2D eigenvalue weighted by molar-refractivity contribution is 9.10. The molecule has 140 valence electrons. The van der Waals surface area contributed by atoms with Crippen molar-refractivity contribution in [3.05, 3.63) is 33.9 Å². The van der Waals surface area contributed by atoms with Crippen LogP contribution in [0.25, 0.3) is 10.9 Å². The van der Waals surface area contributed by atoms with Crippen molar-refractivity contribution in [2.75, 3.05) is 0 Å². The molecular formula is C20H26BrN3O2. The Labute approximate surface area is 162 Å². The predicted octanol–water partition coefficient (Wildman–Crippen LogP) is 3.72. The van der Waals surface area contributed by atoms with Gasteiger partial charge in [0.15, 0.2) is 0 Å². The zero-order valence-electron chi connectivity index (χ0n) is 15.1. The molecular weight excluding hydrogens is 394 g/mol. The van der Waals surface area contributed by atoms with E-state index in [1.54, 1.807) is 0 Å². The third-order valence-electron chi connectivity index (χ3n) is 5.41. The van der Waals surface area contributed by atoms with E-state index in [2.05, 4.69) is 26.2 Å². The molecule has 0 radical (unpaired) electrons. The first-order valence-corrected chi connectivity index (χ1v) is 10.1. The summed E-state index contributed by atoms with van der Waals surface area (Å²) in [6, 6.07) is 5.86. The van der Waals surface area contributed by atoms with E-state index in [1.165, 1.54) is 6.42 Å². The van der Waals surface area contributed by atoms with Crippen molar-refractivity contribution in [2.45, 2.75) is 57.9 Å². The minimum atomic E-state index is -0.354. The third kappa shape index (κ3) is 4.47. The van der Waals surface area contributed by atoms with Crippen molar-refractivity contribution >= 4 is 38.6 Å². The minimum Gasteiger partial charge on any atom is -0.370 e. The van der Waals surface area contributed by atoms with Crippen LogP contribution in [0.2, 0.25) is 0 Å². The number of aromatic amines is 1. The lowest BCUT2D eigenvalue weighted by molar-refractivity contribution is -0.122. The molecule has 1 atom stereocenters. The molecule has 6 heteroatoms. The second-order valence-corrected chi connectivity index (χ2v) is 8.25. The SMILES string of the molecule is Cc1[nH]c2ccc(Br)cc2c1CC(=O)N[C@H](CC(N)=O)C1CCCCC1. The summed E-state index contributed by atoms with van der Waals surface area (Å²) < 4.78 is 0.986. The van der Waals surface area contributed by atoms with Gasteiger partial charge in [0.05, 0.1) is 6.42 Å². The first kappa shape index (κ1) is 19.0. The standard InChI is InChI=1S/C20H26BrN3O2/c1-12-15(16-9-14(21)7-8-17(16)23-12)10-20(26)24-18(11-19(22)25)13-5-3-2-4-6-13/h7-9,13,18,23H,2-6,10-11H2,1H3,(H2,22,25)(H,24,26)/t18-/m1/s1. The molecule has 0 bridgehead atoms. The second kappa shape index (κ2) is 8.25. The minimum absolute atomic E-state index is 0.0502. The van der Waals surface area contributed by atoms with Gasteiger partial charge in [0, 0.05) is 33.5 Å². The molecule has 3 rings (SSSR count). The van der Waals surface area contributed by atoms with Crippen LogP contribution in [0.5, 0.6) is 0 Å². The van der Waals surface area contributed by atoms with Gasteiger partial charge in [-0.3, -0.25) is 9.59 Å². The lowest BCUT2D eigenvalue weighted by Crippen LogP contribution is -2.44. The molecule has 0 saturated heterocycles. The summed E-state index contributed by atoms with van der Waals surface area (Å²) in [6.45, 7) is 1.98. The number of hydrogen-bond acceptors (Lipinski definition) is 2. The fourth-order valence-corrected chi connectivity index (χ4v) is 4.45. The Morgan fingerprint density at radius 2 is 2.04 bits per heavy atom.